The number of aromatic nitrogens is 3. The number of hydrogen-bond acceptors (Lipinski definition) is 6. The van der Waals surface area contributed by atoms with Gasteiger partial charge >= 0.3 is 0 Å². The summed E-state index contributed by atoms with van der Waals surface area (Å²) in [6, 6.07) is 18.0. The lowest BCUT2D eigenvalue weighted by Crippen LogP contribution is -2.05. The Kier molecular flexibility index (Phi) is 4.76. The number of pyridine rings is 1. The average Bonchev–Trinajstić information content (AvgIpc) is 2.67. The highest BCUT2D eigenvalue weighted by Gasteiger charge is 2.11. The van der Waals surface area contributed by atoms with Crippen LogP contribution in [0.5, 0.6) is 0 Å². The molecule has 0 amide bonds. The van der Waals surface area contributed by atoms with Gasteiger partial charge in [0.2, 0.25) is 0 Å². The molecule has 2 aromatic heterocycles. The highest BCUT2D eigenvalue weighted by Crippen LogP contribution is 2.30. The van der Waals surface area contributed by atoms with Crippen molar-refractivity contribution in [1.29, 1.82) is 0 Å². The molecule has 6 nitrogen and oxygen atoms in total. The predicted molar refractivity (Wildman–Crippen MR) is 119 cm³/mol. The van der Waals surface area contributed by atoms with E-state index in [4.69, 9.17) is 5.73 Å². The Morgan fingerprint density at radius 2 is 1.63 bits per heavy atom. The Labute approximate surface area is 170 Å². The van der Waals surface area contributed by atoms with E-state index >= 15 is 0 Å². The van der Waals surface area contributed by atoms with Crippen LogP contribution in [0.3, 0.4) is 0 Å². The van der Waals surface area contributed by atoms with Crippen molar-refractivity contribution in [2.45, 2.75) is 6.92 Å². The Morgan fingerprint density at radius 3 is 2.41 bits per heavy atom. The lowest BCUT2D eigenvalue weighted by atomic mass is 10.1. The SMILES string of the molecule is Cc1ccc2cccc(Nc3ncnc(Nc4ccc(I)cc4)c3N)c2n1. The van der Waals surface area contributed by atoms with Crippen LogP contribution in [0.1, 0.15) is 5.69 Å². The van der Waals surface area contributed by atoms with Crippen LogP contribution in [0.4, 0.5) is 28.7 Å². The lowest BCUT2D eigenvalue weighted by Gasteiger charge is -2.14. The molecule has 27 heavy (non-hydrogen) atoms. The number of para-hydroxylation sites is 1. The molecule has 0 spiro atoms. The third-order valence-electron chi connectivity index (χ3n) is 4.10. The number of nitrogens with one attached hydrogen (secondary N) is 2. The van der Waals surface area contributed by atoms with E-state index in [-0.39, 0.29) is 0 Å². The highest BCUT2D eigenvalue weighted by atomic mass is 127. The Balaban J connectivity index is 1.67. The Hall–Kier alpha value is -2.94. The number of hydrogen-bond donors (Lipinski definition) is 3. The maximum atomic E-state index is 6.31. The van der Waals surface area contributed by atoms with Crippen molar-refractivity contribution in [2.24, 2.45) is 0 Å². The molecule has 2 heterocycles. The second-order valence-corrected chi connectivity index (χ2v) is 7.32. The lowest BCUT2D eigenvalue weighted by molar-refractivity contribution is 1.17. The van der Waals surface area contributed by atoms with E-state index in [0.29, 0.717) is 17.3 Å². The second-order valence-electron chi connectivity index (χ2n) is 6.07. The zero-order valence-electron chi connectivity index (χ0n) is 14.6. The molecule has 2 aromatic carbocycles. The van der Waals surface area contributed by atoms with Gasteiger partial charge in [-0.25, -0.2) is 9.97 Å². The zero-order valence-corrected chi connectivity index (χ0v) is 16.7. The van der Waals surface area contributed by atoms with Gasteiger partial charge in [0.15, 0.2) is 11.6 Å². The third-order valence-corrected chi connectivity index (χ3v) is 4.82. The maximum Gasteiger partial charge on any atom is 0.159 e. The minimum Gasteiger partial charge on any atom is -0.393 e. The van der Waals surface area contributed by atoms with Gasteiger partial charge in [-0.2, -0.15) is 0 Å². The number of nitrogen functional groups attached to an aromatic ring is 1. The number of anilines is 5. The monoisotopic (exact) mass is 468 g/mol. The van der Waals surface area contributed by atoms with Crippen LogP contribution in [0.2, 0.25) is 0 Å². The second kappa shape index (κ2) is 7.36. The summed E-state index contributed by atoms with van der Waals surface area (Å²) in [6.07, 6.45) is 1.48. The van der Waals surface area contributed by atoms with Gasteiger partial charge < -0.3 is 16.4 Å². The van der Waals surface area contributed by atoms with Crippen LogP contribution in [0.15, 0.2) is 60.9 Å². The molecular weight excluding hydrogens is 451 g/mol. The first kappa shape index (κ1) is 17.5. The molecule has 0 radical (unpaired) electrons. The van der Waals surface area contributed by atoms with Gasteiger partial charge in [-0.15, -0.1) is 0 Å². The van der Waals surface area contributed by atoms with E-state index in [2.05, 4.69) is 54.2 Å². The number of halogens is 1. The fourth-order valence-corrected chi connectivity index (χ4v) is 3.10. The molecule has 0 saturated heterocycles. The number of fused-ring (bicyclic) bond motifs is 1. The molecule has 0 saturated carbocycles. The van der Waals surface area contributed by atoms with Gasteiger partial charge in [0.1, 0.15) is 12.0 Å². The molecule has 7 heteroatoms. The van der Waals surface area contributed by atoms with Gasteiger partial charge in [-0.1, -0.05) is 18.2 Å². The Morgan fingerprint density at radius 1 is 0.889 bits per heavy atom. The quantitative estimate of drug-likeness (QED) is 0.365. The van der Waals surface area contributed by atoms with Crippen LogP contribution in [0, 0.1) is 10.5 Å². The van der Waals surface area contributed by atoms with E-state index in [1.165, 1.54) is 6.33 Å². The minimum atomic E-state index is 0.445. The van der Waals surface area contributed by atoms with Crippen molar-refractivity contribution in [2.75, 3.05) is 16.4 Å². The summed E-state index contributed by atoms with van der Waals surface area (Å²) < 4.78 is 1.16. The summed E-state index contributed by atoms with van der Waals surface area (Å²) in [5.74, 6) is 1.09. The maximum absolute atomic E-state index is 6.31. The van der Waals surface area contributed by atoms with Crippen LogP contribution in [0.25, 0.3) is 10.9 Å². The van der Waals surface area contributed by atoms with E-state index in [1.807, 2.05) is 55.5 Å². The minimum absolute atomic E-state index is 0.445. The summed E-state index contributed by atoms with van der Waals surface area (Å²) >= 11 is 2.27. The van der Waals surface area contributed by atoms with Crippen molar-refractivity contribution >= 4 is 62.2 Å². The van der Waals surface area contributed by atoms with Crippen molar-refractivity contribution in [1.82, 2.24) is 15.0 Å². The smallest absolute Gasteiger partial charge is 0.159 e. The Bertz CT molecular complexity index is 1110. The molecule has 4 rings (SSSR count). The van der Waals surface area contributed by atoms with E-state index in [9.17, 15) is 0 Å². The third kappa shape index (κ3) is 3.77. The largest absolute Gasteiger partial charge is 0.393 e. The van der Waals surface area contributed by atoms with Crippen molar-refractivity contribution in [3.63, 3.8) is 0 Å². The van der Waals surface area contributed by atoms with E-state index < -0.39 is 0 Å². The number of nitrogens with two attached hydrogens (primary N) is 1. The zero-order chi connectivity index (χ0) is 18.8. The summed E-state index contributed by atoms with van der Waals surface area (Å²) in [5, 5.41) is 7.59. The van der Waals surface area contributed by atoms with Crippen LogP contribution >= 0.6 is 22.6 Å². The first-order chi connectivity index (χ1) is 13.1. The molecule has 134 valence electrons. The summed E-state index contributed by atoms with van der Waals surface area (Å²) in [6.45, 7) is 1.97. The molecule has 0 atom stereocenters. The molecule has 0 aliphatic heterocycles. The summed E-state index contributed by atoms with van der Waals surface area (Å²) in [5.41, 5.74) is 10.3. The first-order valence-corrected chi connectivity index (χ1v) is 9.44. The van der Waals surface area contributed by atoms with Gasteiger partial charge in [0.05, 0.1) is 11.2 Å². The van der Waals surface area contributed by atoms with Gasteiger partial charge in [0, 0.05) is 20.3 Å². The molecule has 0 aliphatic rings. The fraction of sp³-hybridized carbons (Fsp3) is 0.0500. The normalized spacial score (nSPS) is 10.7. The van der Waals surface area contributed by atoms with Gasteiger partial charge in [-0.05, 0) is 65.9 Å². The predicted octanol–water partition coefficient (Wildman–Crippen LogP) is 5.01. The van der Waals surface area contributed by atoms with Crippen molar-refractivity contribution < 1.29 is 0 Å². The van der Waals surface area contributed by atoms with Gasteiger partial charge in [0.25, 0.3) is 0 Å². The van der Waals surface area contributed by atoms with Crippen molar-refractivity contribution in [3.8, 4) is 0 Å². The number of nitrogens with zero attached hydrogens (tertiary/aromatic N) is 3. The standard InChI is InChI=1S/C20H17IN6/c1-12-5-6-13-3-2-4-16(18(13)25-12)27-20-17(22)19(23-11-24-20)26-15-9-7-14(21)8-10-15/h2-11H,22H2,1H3,(H2,23,24,26,27). The fourth-order valence-electron chi connectivity index (χ4n) is 2.74. The van der Waals surface area contributed by atoms with E-state index in [1.54, 1.807) is 0 Å². The van der Waals surface area contributed by atoms with Crippen LogP contribution < -0.4 is 16.4 Å². The molecule has 4 aromatic rings. The first-order valence-electron chi connectivity index (χ1n) is 8.36. The molecule has 0 bridgehead atoms. The van der Waals surface area contributed by atoms with Crippen LogP contribution in [-0.2, 0) is 0 Å². The average molecular weight is 468 g/mol. The highest BCUT2D eigenvalue weighted by molar-refractivity contribution is 14.1. The number of aryl methyl sites for hydroxylation is 1. The molecule has 0 aliphatic carbocycles. The van der Waals surface area contributed by atoms with Crippen molar-refractivity contribution in [3.05, 3.63) is 70.2 Å². The van der Waals surface area contributed by atoms with Gasteiger partial charge in [-0.3, -0.25) is 4.98 Å². The molecule has 0 unspecified atom stereocenters. The summed E-state index contributed by atoms with van der Waals surface area (Å²) in [4.78, 5) is 13.2. The molecular formula is C20H17IN6. The van der Waals surface area contributed by atoms with E-state index in [0.717, 1.165) is 31.5 Å². The molecule has 4 N–H and O–H groups in total. The number of rotatable bonds is 4. The topological polar surface area (TPSA) is 88.8 Å². The summed E-state index contributed by atoms with van der Waals surface area (Å²) in [7, 11) is 0. The number of benzene rings is 2. The van der Waals surface area contributed by atoms with Crippen LogP contribution in [-0.4, -0.2) is 15.0 Å². The molecule has 0 fully saturated rings.